The maximum atomic E-state index is 14.4. The molecule has 0 saturated carbocycles. The summed E-state index contributed by atoms with van der Waals surface area (Å²) in [6, 6.07) is 10.8. The molecule has 158 valence electrons. The van der Waals surface area contributed by atoms with E-state index >= 15 is 0 Å². The van der Waals surface area contributed by atoms with E-state index in [0.29, 0.717) is 30.1 Å². The van der Waals surface area contributed by atoms with Crippen LogP contribution < -0.4 is 0 Å². The normalized spacial score (nSPS) is 15.6. The molecule has 0 bridgehead atoms. The molecule has 0 N–H and O–H groups in total. The van der Waals surface area contributed by atoms with Crippen LogP contribution in [0.4, 0.5) is 9.18 Å². The monoisotopic (exact) mass is 410 g/mol. The number of ether oxygens (including phenoxy) is 1. The quantitative estimate of drug-likeness (QED) is 0.515. The Labute approximate surface area is 175 Å². The van der Waals surface area contributed by atoms with Crippen LogP contribution in [0.2, 0.25) is 0 Å². The number of aromatic nitrogens is 1. The molecule has 5 nitrogen and oxygen atoms in total. The number of hydrogen-bond acceptors (Lipinski definition) is 4. The molecule has 4 rings (SSSR count). The smallest absolute Gasteiger partial charge is 0.410 e. The van der Waals surface area contributed by atoms with E-state index in [4.69, 9.17) is 9.15 Å². The van der Waals surface area contributed by atoms with Gasteiger partial charge in [0.2, 0.25) is 0 Å². The Bertz CT molecular complexity index is 1080. The van der Waals surface area contributed by atoms with Crippen molar-refractivity contribution in [2.75, 3.05) is 13.1 Å². The second-order valence-electron chi connectivity index (χ2n) is 8.96. The van der Waals surface area contributed by atoms with E-state index in [9.17, 15) is 9.18 Å². The number of carbonyl (C=O) groups is 1. The number of fused-ring (bicyclic) bond motifs is 1. The molecule has 30 heavy (non-hydrogen) atoms. The minimum atomic E-state index is -0.497. The number of benzene rings is 2. The minimum Gasteiger partial charge on any atom is -0.444 e. The van der Waals surface area contributed by atoms with Crippen LogP contribution >= 0.6 is 0 Å². The Morgan fingerprint density at radius 2 is 1.90 bits per heavy atom. The van der Waals surface area contributed by atoms with Crippen molar-refractivity contribution in [2.45, 2.75) is 52.1 Å². The SMILES string of the molecule is Cc1ccc(-c2ccc3oc(C4CCN(C(=O)OC(C)(C)C)CC4)nc3c2)c(F)c1. The molecule has 1 aromatic heterocycles. The second-order valence-corrected chi connectivity index (χ2v) is 8.96. The number of hydrogen-bond donors (Lipinski definition) is 0. The van der Waals surface area contributed by atoms with Crippen molar-refractivity contribution in [3.05, 3.63) is 53.7 Å². The Hall–Kier alpha value is -2.89. The van der Waals surface area contributed by atoms with E-state index in [1.54, 1.807) is 11.0 Å². The van der Waals surface area contributed by atoms with Crippen LogP contribution in [0.1, 0.15) is 51.0 Å². The van der Waals surface area contributed by atoms with Gasteiger partial charge in [0.25, 0.3) is 0 Å². The molecule has 1 fully saturated rings. The molecule has 1 aliphatic heterocycles. The predicted molar refractivity (Wildman–Crippen MR) is 114 cm³/mol. The van der Waals surface area contributed by atoms with Gasteiger partial charge >= 0.3 is 6.09 Å². The van der Waals surface area contributed by atoms with Gasteiger partial charge in [-0.2, -0.15) is 0 Å². The lowest BCUT2D eigenvalue weighted by atomic mass is 9.97. The van der Waals surface area contributed by atoms with E-state index in [-0.39, 0.29) is 17.8 Å². The summed E-state index contributed by atoms with van der Waals surface area (Å²) in [5.74, 6) is 0.582. The fourth-order valence-electron chi connectivity index (χ4n) is 3.78. The molecule has 0 unspecified atom stereocenters. The van der Waals surface area contributed by atoms with Crippen molar-refractivity contribution in [3.8, 4) is 11.1 Å². The minimum absolute atomic E-state index is 0.149. The first-order valence-corrected chi connectivity index (χ1v) is 10.3. The van der Waals surface area contributed by atoms with Crippen molar-refractivity contribution in [1.29, 1.82) is 0 Å². The number of oxazole rings is 1. The summed E-state index contributed by atoms with van der Waals surface area (Å²) in [6.45, 7) is 8.69. The number of aryl methyl sites for hydroxylation is 1. The molecule has 2 aromatic carbocycles. The first kappa shape index (κ1) is 20.4. The third kappa shape index (κ3) is 4.32. The van der Waals surface area contributed by atoms with Gasteiger partial charge in [0.15, 0.2) is 11.5 Å². The number of halogens is 1. The average molecular weight is 410 g/mol. The van der Waals surface area contributed by atoms with E-state index in [1.165, 1.54) is 6.07 Å². The summed E-state index contributed by atoms with van der Waals surface area (Å²) in [5, 5.41) is 0. The lowest BCUT2D eigenvalue weighted by Crippen LogP contribution is -2.41. The van der Waals surface area contributed by atoms with Gasteiger partial charge < -0.3 is 14.1 Å². The number of carbonyl (C=O) groups excluding carboxylic acids is 1. The third-order valence-corrected chi connectivity index (χ3v) is 5.34. The first-order valence-electron chi connectivity index (χ1n) is 10.3. The lowest BCUT2D eigenvalue weighted by Gasteiger charge is -2.32. The van der Waals surface area contributed by atoms with E-state index in [2.05, 4.69) is 4.98 Å². The summed E-state index contributed by atoms with van der Waals surface area (Å²) in [5.41, 5.74) is 3.13. The van der Waals surface area contributed by atoms with Crippen LogP contribution in [0.25, 0.3) is 22.2 Å². The standard InChI is InChI=1S/C24H27FN2O3/c1-15-5-7-18(19(25)13-15)17-6-8-21-20(14-17)26-22(29-21)16-9-11-27(12-10-16)23(28)30-24(2,3)4/h5-8,13-14,16H,9-12H2,1-4H3. The van der Waals surface area contributed by atoms with Gasteiger partial charge in [-0.15, -0.1) is 0 Å². The first-order chi connectivity index (χ1) is 14.2. The maximum Gasteiger partial charge on any atom is 0.410 e. The van der Waals surface area contributed by atoms with Gasteiger partial charge in [-0.05, 0) is 69.9 Å². The van der Waals surface area contributed by atoms with Gasteiger partial charge in [-0.1, -0.05) is 18.2 Å². The van der Waals surface area contributed by atoms with Gasteiger partial charge in [-0.3, -0.25) is 0 Å². The van der Waals surface area contributed by atoms with E-state index in [0.717, 1.165) is 29.5 Å². The summed E-state index contributed by atoms with van der Waals surface area (Å²) < 4.78 is 25.8. The fourth-order valence-corrected chi connectivity index (χ4v) is 3.78. The largest absolute Gasteiger partial charge is 0.444 e. The van der Waals surface area contributed by atoms with Crippen LogP contribution in [0, 0.1) is 12.7 Å². The van der Waals surface area contributed by atoms with Gasteiger partial charge in [-0.25, -0.2) is 14.2 Å². The third-order valence-electron chi connectivity index (χ3n) is 5.34. The highest BCUT2D eigenvalue weighted by Gasteiger charge is 2.29. The zero-order chi connectivity index (χ0) is 21.5. The molecule has 1 saturated heterocycles. The molecule has 0 radical (unpaired) electrons. The average Bonchev–Trinajstić information content (AvgIpc) is 3.10. The molecular weight excluding hydrogens is 383 g/mol. The van der Waals surface area contributed by atoms with Gasteiger partial charge in [0, 0.05) is 24.6 Å². The number of piperidine rings is 1. The van der Waals surface area contributed by atoms with E-state index < -0.39 is 5.60 Å². The molecule has 1 amide bonds. The number of amides is 1. The Morgan fingerprint density at radius 3 is 2.57 bits per heavy atom. The van der Waals surface area contributed by atoms with Crippen LogP contribution in [-0.2, 0) is 4.74 Å². The van der Waals surface area contributed by atoms with Crippen molar-refractivity contribution < 1.29 is 18.3 Å². The Balaban J connectivity index is 1.49. The number of likely N-dealkylation sites (tertiary alicyclic amines) is 1. The summed E-state index contributed by atoms with van der Waals surface area (Å²) >= 11 is 0. The van der Waals surface area contributed by atoms with Crippen molar-refractivity contribution >= 4 is 17.2 Å². The molecule has 1 aliphatic rings. The molecule has 0 spiro atoms. The number of nitrogens with zero attached hydrogens (tertiary/aromatic N) is 2. The number of rotatable bonds is 2. The van der Waals surface area contributed by atoms with Crippen molar-refractivity contribution in [1.82, 2.24) is 9.88 Å². The highest BCUT2D eigenvalue weighted by Crippen LogP contribution is 2.32. The summed E-state index contributed by atoms with van der Waals surface area (Å²) in [7, 11) is 0. The molecule has 0 aliphatic carbocycles. The Kier molecular flexibility index (Phi) is 5.26. The summed E-state index contributed by atoms with van der Waals surface area (Å²) in [6.07, 6.45) is 1.26. The van der Waals surface area contributed by atoms with Gasteiger partial charge in [0.1, 0.15) is 16.9 Å². The van der Waals surface area contributed by atoms with Crippen LogP contribution in [-0.4, -0.2) is 34.7 Å². The van der Waals surface area contributed by atoms with Crippen LogP contribution in [0.3, 0.4) is 0 Å². The lowest BCUT2D eigenvalue weighted by molar-refractivity contribution is 0.0199. The van der Waals surface area contributed by atoms with Crippen LogP contribution in [0.5, 0.6) is 0 Å². The topological polar surface area (TPSA) is 55.6 Å². The van der Waals surface area contributed by atoms with E-state index in [1.807, 2.05) is 52.0 Å². The van der Waals surface area contributed by atoms with Gasteiger partial charge in [0.05, 0.1) is 0 Å². The second kappa shape index (κ2) is 7.74. The predicted octanol–water partition coefficient (Wildman–Crippen LogP) is 6.06. The van der Waals surface area contributed by atoms with Crippen molar-refractivity contribution in [3.63, 3.8) is 0 Å². The maximum absolute atomic E-state index is 14.4. The zero-order valence-electron chi connectivity index (χ0n) is 17.9. The highest BCUT2D eigenvalue weighted by molar-refractivity contribution is 5.80. The van der Waals surface area contributed by atoms with Crippen LogP contribution in [0.15, 0.2) is 40.8 Å². The molecule has 6 heteroatoms. The highest BCUT2D eigenvalue weighted by atomic mass is 19.1. The van der Waals surface area contributed by atoms with Crippen molar-refractivity contribution in [2.24, 2.45) is 0 Å². The Morgan fingerprint density at radius 1 is 1.17 bits per heavy atom. The molecule has 3 aromatic rings. The zero-order valence-corrected chi connectivity index (χ0v) is 17.9. The molecular formula is C24H27FN2O3. The fraction of sp³-hybridized carbons (Fsp3) is 0.417. The molecule has 0 atom stereocenters. The molecule has 2 heterocycles. The summed E-state index contributed by atoms with van der Waals surface area (Å²) in [4.78, 5) is 18.7.